The number of carboxylic acid groups (broad SMARTS) is 1. The predicted molar refractivity (Wildman–Crippen MR) is 122 cm³/mol. The summed E-state index contributed by atoms with van der Waals surface area (Å²) in [5.41, 5.74) is 1.32. The van der Waals surface area contributed by atoms with Crippen LogP contribution in [0.25, 0.3) is 11.7 Å². The number of amides is 1. The van der Waals surface area contributed by atoms with Crippen molar-refractivity contribution in [2.24, 2.45) is 0 Å². The van der Waals surface area contributed by atoms with Crippen LogP contribution < -0.4 is 10.9 Å². The number of nitrogens with zero attached hydrogens (tertiary/aromatic N) is 3. The molecule has 8 nitrogen and oxygen atoms in total. The van der Waals surface area contributed by atoms with Crippen LogP contribution in [0.2, 0.25) is 0 Å². The van der Waals surface area contributed by atoms with E-state index in [1.807, 2.05) is 13.0 Å². The molecule has 0 saturated carbocycles. The highest BCUT2D eigenvalue weighted by molar-refractivity contribution is 8.26. The maximum absolute atomic E-state index is 13.2. The third kappa shape index (κ3) is 4.54. The molecule has 0 bridgehead atoms. The number of rotatable bonds is 8. The smallest absolute Gasteiger partial charge is 0.323 e. The van der Waals surface area contributed by atoms with Crippen LogP contribution >= 0.6 is 24.0 Å². The van der Waals surface area contributed by atoms with E-state index in [0.29, 0.717) is 18.0 Å². The van der Waals surface area contributed by atoms with Crippen LogP contribution in [-0.2, 0) is 9.59 Å². The van der Waals surface area contributed by atoms with E-state index < -0.39 is 18.4 Å². The fraction of sp³-hybridized carbons (Fsp3) is 0.350. The van der Waals surface area contributed by atoms with Gasteiger partial charge < -0.3 is 10.4 Å². The number of pyridine rings is 1. The molecule has 2 aromatic rings. The number of aliphatic carboxylic acids is 1. The third-order valence-electron chi connectivity index (χ3n) is 4.60. The summed E-state index contributed by atoms with van der Waals surface area (Å²) in [7, 11) is 0. The number of anilines is 1. The van der Waals surface area contributed by atoms with E-state index in [0.717, 1.165) is 41.5 Å². The highest BCUT2D eigenvalue weighted by Gasteiger charge is 2.34. The number of thiocarbonyl (C=S) groups is 1. The zero-order valence-corrected chi connectivity index (χ0v) is 18.3. The molecule has 0 aromatic carbocycles. The normalized spacial score (nSPS) is 15.4. The van der Waals surface area contributed by atoms with Crippen LogP contribution in [0.3, 0.4) is 0 Å². The molecule has 1 fully saturated rings. The van der Waals surface area contributed by atoms with Gasteiger partial charge in [0, 0.05) is 12.7 Å². The lowest BCUT2D eigenvalue weighted by molar-refractivity contribution is -0.140. The molecule has 0 aliphatic carbocycles. The van der Waals surface area contributed by atoms with Crippen LogP contribution in [-0.4, -0.2) is 48.7 Å². The quantitative estimate of drug-likeness (QED) is 0.362. The molecule has 3 rings (SSSR count). The van der Waals surface area contributed by atoms with Gasteiger partial charge in [0.2, 0.25) is 0 Å². The van der Waals surface area contributed by atoms with Crippen molar-refractivity contribution < 1.29 is 14.7 Å². The second-order valence-corrected chi connectivity index (χ2v) is 8.54. The topological polar surface area (TPSA) is 104 Å². The first kappa shape index (κ1) is 22.0. The maximum Gasteiger partial charge on any atom is 0.323 e. The molecule has 30 heavy (non-hydrogen) atoms. The minimum absolute atomic E-state index is 0.149. The van der Waals surface area contributed by atoms with Crippen molar-refractivity contribution in [1.29, 1.82) is 0 Å². The number of nitrogens with one attached hydrogen (secondary N) is 1. The standard InChI is InChI=1S/C20H22N4O4S2/c1-3-4-5-8-21-16-13(18(27)23-9-6-7-12(2)17(23)22-16)10-14-19(28)24(11-15(25)26)20(29)30-14/h6-7,9-10,21H,3-5,8,11H2,1-2H3,(H,25,26)/b14-10-. The van der Waals surface area contributed by atoms with Crippen LogP contribution in [0.1, 0.15) is 37.3 Å². The summed E-state index contributed by atoms with van der Waals surface area (Å²) in [4.78, 5) is 42.7. The Bertz CT molecular complexity index is 1110. The Morgan fingerprint density at radius 3 is 2.83 bits per heavy atom. The molecular weight excluding hydrogens is 424 g/mol. The van der Waals surface area contributed by atoms with Crippen LogP contribution in [0, 0.1) is 6.92 Å². The zero-order chi connectivity index (χ0) is 21.8. The van der Waals surface area contributed by atoms with Gasteiger partial charge in [0.25, 0.3) is 11.5 Å². The van der Waals surface area contributed by atoms with E-state index in [-0.39, 0.29) is 20.3 Å². The molecule has 10 heteroatoms. The number of aryl methyl sites for hydroxylation is 1. The molecule has 3 heterocycles. The van der Waals surface area contributed by atoms with E-state index >= 15 is 0 Å². The van der Waals surface area contributed by atoms with Crippen molar-refractivity contribution in [3.8, 4) is 0 Å². The number of carbonyl (C=O) groups excluding carboxylic acids is 1. The Morgan fingerprint density at radius 2 is 2.13 bits per heavy atom. The zero-order valence-electron chi connectivity index (χ0n) is 16.7. The van der Waals surface area contributed by atoms with Crippen LogP contribution in [0.15, 0.2) is 28.0 Å². The fourth-order valence-electron chi connectivity index (χ4n) is 3.06. The number of hydrogen-bond acceptors (Lipinski definition) is 7. The number of carbonyl (C=O) groups is 2. The first-order valence-electron chi connectivity index (χ1n) is 9.56. The van der Waals surface area contributed by atoms with Crippen molar-refractivity contribution >= 4 is 57.7 Å². The lowest BCUT2D eigenvalue weighted by Gasteiger charge is -2.12. The minimum Gasteiger partial charge on any atom is -0.480 e. The molecular formula is C20H22N4O4S2. The van der Waals surface area contributed by atoms with E-state index in [1.54, 1.807) is 12.3 Å². The lowest BCUT2D eigenvalue weighted by Crippen LogP contribution is -2.33. The summed E-state index contributed by atoms with van der Waals surface area (Å²) < 4.78 is 1.59. The van der Waals surface area contributed by atoms with Crippen molar-refractivity contribution in [3.63, 3.8) is 0 Å². The number of hydrogen-bond donors (Lipinski definition) is 2. The first-order valence-corrected chi connectivity index (χ1v) is 10.8. The van der Waals surface area contributed by atoms with Gasteiger partial charge in [0.1, 0.15) is 22.3 Å². The average molecular weight is 447 g/mol. The summed E-state index contributed by atoms with van der Waals surface area (Å²) in [6.45, 7) is 4.11. The van der Waals surface area contributed by atoms with E-state index in [4.69, 9.17) is 17.3 Å². The largest absolute Gasteiger partial charge is 0.480 e. The Morgan fingerprint density at radius 1 is 1.37 bits per heavy atom. The molecule has 0 unspecified atom stereocenters. The Hall–Kier alpha value is -2.72. The fourth-order valence-corrected chi connectivity index (χ4v) is 4.30. The van der Waals surface area contributed by atoms with E-state index in [2.05, 4.69) is 17.2 Å². The van der Waals surface area contributed by atoms with Crippen molar-refractivity contribution in [3.05, 3.63) is 44.7 Å². The second-order valence-electron chi connectivity index (χ2n) is 6.86. The van der Waals surface area contributed by atoms with Crippen LogP contribution in [0.5, 0.6) is 0 Å². The number of thioether (sulfide) groups is 1. The highest BCUT2D eigenvalue weighted by atomic mass is 32.2. The predicted octanol–water partition coefficient (Wildman–Crippen LogP) is 2.89. The molecule has 1 saturated heterocycles. The van der Waals surface area contributed by atoms with E-state index in [9.17, 15) is 14.4 Å². The molecule has 1 aliphatic heterocycles. The summed E-state index contributed by atoms with van der Waals surface area (Å²) in [6.07, 6.45) is 6.11. The number of aromatic nitrogens is 2. The van der Waals surface area contributed by atoms with Crippen molar-refractivity contribution in [2.75, 3.05) is 18.4 Å². The number of carboxylic acids is 1. The summed E-state index contributed by atoms with van der Waals surface area (Å²) in [5, 5.41) is 12.2. The van der Waals surface area contributed by atoms with Gasteiger partial charge in [-0.05, 0) is 31.1 Å². The van der Waals surface area contributed by atoms with Gasteiger partial charge in [-0.3, -0.25) is 23.7 Å². The van der Waals surface area contributed by atoms with Gasteiger partial charge in [0.15, 0.2) is 0 Å². The van der Waals surface area contributed by atoms with Gasteiger partial charge in [-0.25, -0.2) is 4.98 Å². The Kier molecular flexibility index (Phi) is 6.88. The Labute approximate surface area is 183 Å². The maximum atomic E-state index is 13.2. The van der Waals surface area contributed by atoms with Gasteiger partial charge in [0.05, 0.1) is 10.5 Å². The summed E-state index contributed by atoms with van der Waals surface area (Å²) in [5.74, 6) is -1.29. The molecule has 0 radical (unpaired) electrons. The molecule has 158 valence electrons. The molecule has 0 spiro atoms. The van der Waals surface area contributed by atoms with E-state index in [1.165, 1.54) is 10.5 Å². The summed E-state index contributed by atoms with van der Waals surface area (Å²) in [6, 6.07) is 3.63. The molecule has 2 N–H and O–H groups in total. The van der Waals surface area contributed by atoms with Gasteiger partial charge in [-0.2, -0.15) is 0 Å². The summed E-state index contributed by atoms with van der Waals surface area (Å²) >= 11 is 6.12. The molecule has 1 amide bonds. The minimum atomic E-state index is -1.16. The molecule has 0 atom stereocenters. The molecule has 1 aliphatic rings. The number of fused-ring (bicyclic) bond motifs is 1. The van der Waals surface area contributed by atoms with Crippen molar-refractivity contribution in [2.45, 2.75) is 33.1 Å². The number of unbranched alkanes of at least 4 members (excludes halogenated alkanes) is 2. The van der Waals surface area contributed by atoms with Gasteiger partial charge >= 0.3 is 5.97 Å². The third-order valence-corrected chi connectivity index (χ3v) is 5.98. The molecule has 2 aromatic heterocycles. The van der Waals surface area contributed by atoms with Gasteiger partial charge in [-0.15, -0.1) is 0 Å². The average Bonchev–Trinajstić information content (AvgIpc) is 2.95. The Balaban J connectivity index is 2.07. The van der Waals surface area contributed by atoms with Gasteiger partial charge in [-0.1, -0.05) is 49.8 Å². The van der Waals surface area contributed by atoms with Crippen molar-refractivity contribution in [1.82, 2.24) is 14.3 Å². The highest BCUT2D eigenvalue weighted by Crippen LogP contribution is 2.32. The SMILES string of the molecule is CCCCCNc1nc2c(C)cccn2c(=O)c1/C=C1\SC(=S)N(CC(=O)O)C1=O. The monoisotopic (exact) mass is 446 g/mol. The first-order chi connectivity index (χ1) is 14.3. The van der Waals surface area contributed by atoms with Crippen LogP contribution in [0.4, 0.5) is 5.82 Å². The second kappa shape index (κ2) is 9.40. The lowest BCUT2D eigenvalue weighted by atomic mass is 10.2.